The van der Waals surface area contributed by atoms with E-state index in [9.17, 15) is 0 Å². The van der Waals surface area contributed by atoms with Gasteiger partial charge in [0.2, 0.25) is 0 Å². The van der Waals surface area contributed by atoms with Gasteiger partial charge in [-0.1, -0.05) is 6.58 Å². The molecule has 0 aliphatic rings. The Morgan fingerprint density at radius 1 is 1.55 bits per heavy atom. The first-order chi connectivity index (χ1) is 5.07. The van der Waals surface area contributed by atoms with Gasteiger partial charge in [-0.15, -0.1) is 0 Å². The van der Waals surface area contributed by atoms with Crippen LogP contribution >= 0.6 is 0 Å². The molecule has 0 bridgehead atoms. The molecule has 0 spiro atoms. The molecule has 0 saturated carbocycles. The average molecular weight is 154 g/mol. The Bertz CT molecular complexity index is 198. The Kier molecular flexibility index (Phi) is 3.98. The van der Waals surface area contributed by atoms with Gasteiger partial charge in [0.1, 0.15) is 0 Å². The van der Waals surface area contributed by atoms with Gasteiger partial charge in [-0.05, 0) is 6.92 Å². The minimum Gasteiger partial charge on any atom is -0.385 e. The quantitative estimate of drug-likeness (QED) is 0.486. The van der Waals surface area contributed by atoms with Gasteiger partial charge in [-0.3, -0.25) is 4.99 Å². The standard InChI is InChI=1S/C7H14N4/c1-5(2)11-4-6(3-8)7(9)10/h4H,1,3,8-10H2,2H3/b11-4-. The van der Waals surface area contributed by atoms with Gasteiger partial charge in [0, 0.05) is 24.0 Å². The Morgan fingerprint density at radius 2 is 2.09 bits per heavy atom. The minimum absolute atomic E-state index is 0.206. The molecule has 0 aliphatic carbocycles. The smallest absolute Gasteiger partial charge is 0.0995 e. The summed E-state index contributed by atoms with van der Waals surface area (Å²) in [6.45, 7) is 5.64. The second kappa shape index (κ2) is 4.51. The molecule has 0 aromatic rings. The van der Waals surface area contributed by atoms with Crippen LogP contribution in [0, 0.1) is 0 Å². The maximum Gasteiger partial charge on any atom is 0.0995 e. The van der Waals surface area contributed by atoms with Crippen LogP contribution in [-0.4, -0.2) is 12.8 Å². The van der Waals surface area contributed by atoms with Crippen LogP contribution in [0.2, 0.25) is 0 Å². The second-order valence-electron chi connectivity index (χ2n) is 2.18. The highest BCUT2D eigenvalue weighted by Gasteiger charge is 1.92. The first-order valence-corrected chi connectivity index (χ1v) is 3.21. The normalized spacial score (nSPS) is 10.0. The summed E-state index contributed by atoms with van der Waals surface area (Å²) in [6.07, 6.45) is 1.53. The van der Waals surface area contributed by atoms with Gasteiger partial charge in [-0.25, -0.2) is 0 Å². The predicted octanol–water partition coefficient (Wildman–Crippen LogP) is -0.321. The summed E-state index contributed by atoms with van der Waals surface area (Å²) in [5, 5.41) is 0. The molecule has 0 radical (unpaired) electrons. The maximum atomic E-state index is 5.32. The summed E-state index contributed by atoms with van der Waals surface area (Å²) in [6, 6.07) is 0. The molecule has 4 nitrogen and oxygen atoms in total. The van der Waals surface area contributed by atoms with Gasteiger partial charge in [0.25, 0.3) is 0 Å². The maximum absolute atomic E-state index is 5.32. The van der Waals surface area contributed by atoms with Crippen molar-refractivity contribution in [2.75, 3.05) is 6.54 Å². The van der Waals surface area contributed by atoms with E-state index in [0.717, 1.165) is 0 Å². The van der Waals surface area contributed by atoms with Crippen LogP contribution < -0.4 is 17.2 Å². The van der Waals surface area contributed by atoms with E-state index in [4.69, 9.17) is 17.2 Å². The fraction of sp³-hybridized carbons (Fsp3) is 0.286. The van der Waals surface area contributed by atoms with Crippen molar-refractivity contribution in [3.05, 3.63) is 23.7 Å². The molecule has 4 heteroatoms. The number of rotatable bonds is 3. The number of hydrogen-bond acceptors (Lipinski definition) is 4. The SMILES string of the molecule is C=C(C)/N=C\C(CN)=C(N)N. The summed E-state index contributed by atoms with van der Waals surface area (Å²) >= 11 is 0. The lowest BCUT2D eigenvalue weighted by atomic mass is 10.3. The van der Waals surface area contributed by atoms with Crippen molar-refractivity contribution in [1.29, 1.82) is 0 Å². The molecule has 0 aromatic heterocycles. The van der Waals surface area contributed by atoms with Gasteiger partial charge in [-0.2, -0.15) is 0 Å². The lowest BCUT2D eigenvalue weighted by molar-refractivity contribution is 1.12. The molecule has 0 heterocycles. The number of hydrogen-bond donors (Lipinski definition) is 3. The van der Waals surface area contributed by atoms with Gasteiger partial charge >= 0.3 is 0 Å². The zero-order valence-electron chi connectivity index (χ0n) is 6.67. The lowest BCUT2D eigenvalue weighted by Crippen LogP contribution is -2.18. The van der Waals surface area contributed by atoms with E-state index >= 15 is 0 Å². The van der Waals surface area contributed by atoms with E-state index in [2.05, 4.69) is 11.6 Å². The third kappa shape index (κ3) is 4.16. The Balaban J connectivity index is 4.33. The highest BCUT2D eigenvalue weighted by Crippen LogP contribution is 1.92. The average Bonchev–Trinajstić information content (AvgIpc) is 1.87. The fourth-order valence-corrected chi connectivity index (χ4v) is 0.433. The van der Waals surface area contributed by atoms with Crippen molar-refractivity contribution >= 4 is 6.21 Å². The molecule has 0 aromatic carbocycles. The predicted molar refractivity (Wildman–Crippen MR) is 47.8 cm³/mol. The van der Waals surface area contributed by atoms with Crippen molar-refractivity contribution in [3.63, 3.8) is 0 Å². The Hall–Kier alpha value is -1.29. The summed E-state index contributed by atoms with van der Waals surface area (Å²) in [4.78, 5) is 3.90. The van der Waals surface area contributed by atoms with Gasteiger partial charge in [0.15, 0.2) is 0 Å². The van der Waals surface area contributed by atoms with E-state index in [1.807, 2.05) is 0 Å². The molecule has 0 amide bonds. The Labute approximate surface area is 66.5 Å². The zero-order valence-corrected chi connectivity index (χ0v) is 6.67. The third-order valence-corrected chi connectivity index (χ3v) is 1.03. The molecule has 0 rings (SSSR count). The molecular formula is C7H14N4. The minimum atomic E-state index is 0.206. The van der Waals surface area contributed by atoms with Crippen molar-refractivity contribution in [1.82, 2.24) is 0 Å². The van der Waals surface area contributed by atoms with Crippen molar-refractivity contribution < 1.29 is 0 Å². The highest BCUT2D eigenvalue weighted by atomic mass is 14.8. The van der Waals surface area contributed by atoms with E-state index < -0.39 is 0 Å². The summed E-state index contributed by atoms with van der Waals surface area (Å²) < 4.78 is 0. The van der Waals surface area contributed by atoms with E-state index in [1.54, 1.807) is 6.92 Å². The molecule has 0 fully saturated rings. The molecular weight excluding hydrogens is 140 g/mol. The second-order valence-corrected chi connectivity index (χ2v) is 2.18. The first-order valence-electron chi connectivity index (χ1n) is 3.21. The summed E-state index contributed by atoms with van der Waals surface area (Å²) in [5.74, 6) is 0.206. The van der Waals surface area contributed by atoms with E-state index in [0.29, 0.717) is 17.8 Å². The van der Waals surface area contributed by atoms with Crippen LogP contribution in [0.25, 0.3) is 0 Å². The van der Waals surface area contributed by atoms with Crippen molar-refractivity contribution in [3.8, 4) is 0 Å². The van der Waals surface area contributed by atoms with Crippen LogP contribution in [0.5, 0.6) is 0 Å². The van der Waals surface area contributed by atoms with Gasteiger partial charge < -0.3 is 17.2 Å². The van der Waals surface area contributed by atoms with Gasteiger partial charge in [0.05, 0.1) is 5.82 Å². The number of allylic oxidation sites excluding steroid dienone is 1. The number of nitrogens with two attached hydrogens (primary N) is 3. The number of nitrogens with zero attached hydrogens (tertiary/aromatic N) is 1. The highest BCUT2D eigenvalue weighted by molar-refractivity contribution is 5.80. The van der Waals surface area contributed by atoms with E-state index in [-0.39, 0.29) is 5.82 Å². The van der Waals surface area contributed by atoms with Crippen LogP contribution in [0.3, 0.4) is 0 Å². The number of aliphatic imine (C=N–C) groups is 1. The van der Waals surface area contributed by atoms with Crippen LogP contribution in [-0.2, 0) is 0 Å². The topological polar surface area (TPSA) is 90.4 Å². The molecule has 0 unspecified atom stereocenters. The fourth-order valence-electron chi connectivity index (χ4n) is 0.433. The molecule has 62 valence electrons. The molecule has 11 heavy (non-hydrogen) atoms. The van der Waals surface area contributed by atoms with Crippen LogP contribution in [0.15, 0.2) is 28.7 Å². The molecule has 0 atom stereocenters. The molecule has 0 saturated heterocycles. The monoisotopic (exact) mass is 154 g/mol. The van der Waals surface area contributed by atoms with E-state index in [1.165, 1.54) is 6.21 Å². The summed E-state index contributed by atoms with van der Waals surface area (Å²) in [7, 11) is 0. The zero-order chi connectivity index (χ0) is 8.85. The Morgan fingerprint density at radius 3 is 2.36 bits per heavy atom. The van der Waals surface area contributed by atoms with Crippen LogP contribution in [0.4, 0.5) is 0 Å². The summed E-state index contributed by atoms with van der Waals surface area (Å²) in [5.41, 5.74) is 17.2. The van der Waals surface area contributed by atoms with Crippen molar-refractivity contribution in [2.24, 2.45) is 22.2 Å². The third-order valence-electron chi connectivity index (χ3n) is 1.03. The molecule has 6 N–H and O–H groups in total. The van der Waals surface area contributed by atoms with Crippen LogP contribution in [0.1, 0.15) is 6.92 Å². The molecule has 0 aliphatic heterocycles. The first kappa shape index (κ1) is 9.71. The van der Waals surface area contributed by atoms with Crippen molar-refractivity contribution in [2.45, 2.75) is 6.92 Å². The lowest BCUT2D eigenvalue weighted by Gasteiger charge is -1.98. The largest absolute Gasteiger partial charge is 0.385 e.